The third kappa shape index (κ3) is 3.92. The van der Waals surface area contributed by atoms with Gasteiger partial charge in [-0.3, -0.25) is 0 Å². The predicted molar refractivity (Wildman–Crippen MR) is 92.8 cm³/mol. The van der Waals surface area contributed by atoms with Crippen molar-refractivity contribution in [2.75, 3.05) is 13.1 Å². The lowest BCUT2D eigenvalue weighted by molar-refractivity contribution is 0.0196. The highest BCUT2D eigenvalue weighted by Gasteiger charge is 2.29. The van der Waals surface area contributed by atoms with E-state index in [4.69, 9.17) is 9.84 Å². The summed E-state index contributed by atoms with van der Waals surface area (Å²) in [5.74, 6) is -0.0976. The van der Waals surface area contributed by atoms with Gasteiger partial charge in [-0.25, -0.2) is 14.6 Å². The number of carbonyl (C=O) groups is 2. The molecule has 7 nitrogen and oxygen atoms in total. The van der Waals surface area contributed by atoms with E-state index < -0.39 is 11.6 Å². The van der Waals surface area contributed by atoms with Gasteiger partial charge in [0.25, 0.3) is 0 Å². The molecule has 1 atom stereocenters. The Kier molecular flexibility index (Phi) is 4.41. The van der Waals surface area contributed by atoms with Crippen molar-refractivity contribution in [1.29, 1.82) is 0 Å². The Hall–Kier alpha value is -2.57. The second-order valence-electron chi connectivity index (χ2n) is 7.42. The van der Waals surface area contributed by atoms with Gasteiger partial charge in [0.2, 0.25) is 0 Å². The van der Waals surface area contributed by atoms with Crippen LogP contribution in [0.25, 0.3) is 11.0 Å². The molecule has 2 heterocycles. The van der Waals surface area contributed by atoms with Crippen LogP contribution in [0.5, 0.6) is 0 Å². The number of carboxylic acid groups (broad SMARTS) is 1. The normalized spacial score (nSPS) is 18.4. The molecule has 1 aromatic carbocycles. The van der Waals surface area contributed by atoms with E-state index in [1.54, 1.807) is 23.1 Å². The highest BCUT2D eigenvalue weighted by Crippen LogP contribution is 2.28. The van der Waals surface area contributed by atoms with E-state index in [9.17, 15) is 9.59 Å². The molecule has 0 radical (unpaired) electrons. The zero-order chi connectivity index (χ0) is 18.2. The van der Waals surface area contributed by atoms with Crippen LogP contribution >= 0.6 is 0 Å². The zero-order valence-electron chi connectivity index (χ0n) is 14.7. The van der Waals surface area contributed by atoms with Crippen molar-refractivity contribution in [2.24, 2.45) is 0 Å². The molecular formula is C18H23N3O4. The number of ether oxygens (including phenoxy) is 1. The van der Waals surface area contributed by atoms with Gasteiger partial charge in [-0.2, -0.15) is 0 Å². The fourth-order valence-corrected chi connectivity index (χ4v) is 3.05. The maximum atomic E-state index is 12.3. The van der Waals surface area contributed by atoms with Crippen LogP contribution in [0.3, 0.4) is 0 Å². The number of amides is 1. The van der Waals surface area contributed by atoms with Gasteiger partial charge in [0.1, 0.15) is 11.4 Å². The van der Waals surface area contributed by atoms with Crippen LogP contribution in [0, 0.1) is 0 Å². The number of carbonyl (C=O) groups excluding carboxylic acids is 1. The minimum Gasteiger partial charge on any atom is -0.478 e. The lowest BCUT2D eigenvalue weighted by Gasteiger charge is -2.33. The van der Waals surface area contributed by atoms with Gasteiger partial charge in [-0.15, -0.1) is 0 Å². The zero-order valence-corrected chi connectivity index (χ0v) is 14.7. The number of hydrogen-bond acceptors (Lipinski definition) is 4. The molecule has 25 heavy (non-hydrogen) atoms. The van der Waals surface area contributed by atoms with E-state index in [0.29, 0.717) is 18.6 Å². The standard InChI is InChI=1S/C18H23N3O4/c1-18(2,3)25-17(24)21-8-4-5-12(10-21)15-19-13-7-6-11(16(22)23)9-14(13)20-15/h6-7,9,12H,4-5,8,10H2,1-3H3,(H,19,20)(H,22,23). The summed E-state index contributed by atoms with van der Waals surface area (Å²) < 4.78 is 5.45. The third-order valence-corrected chi connectivity index (χ3v) is 4.21. The molecule has 3 rings (SSSR count). The lowest BCUT2D eigenvalue weighted by Crippen LogP contribution is -2.42. The highest BCUT2D eigenvalue weighted by atomic mass is 16.6. The number of H-pyrrole nitrogens is 1. The summed E-state index contributed by atoms with van der Waals surface area (Å²) in [5, 5.41) is 9.10. The number of benzene rings is 1. The Morgan fingerprint density at radius 2 is 2.12 bits per heavy atom. The average Bonchev–Trinajstić information content (AvgIpc) is 2.96. The van der Waals surface area contributed by atoms with Crippen molar-refractivity contribution in [3.05, 3.63) is 29.6 Å². The lowest BCUT2D eigenvalue weighted by atomic mass is 9.98. The number of likely N-dealkylation sites (tertiary alicyclic amines) is 1. The molecule has 1 saturated heterocycles. The van der Waals surface area contributed by atoms with E-state index in [1.807, 2.05) is 20.8 Å². The number of aromatic carboxylic acids is 1. The quantitative estimate of drug-likeness (QED) is 0.870. The molecule has 0 bridgehead atoms. The van der Waals surface area contributed by atoms with Gasteiger partial charge < -0.3 is 19.7 Å². The first-order chi connectivity index (χ1) is 11.7. The number of piperidine rings is 1. The smallest absolute Gasteiger partial charge is 0.410 e. The molecule has 134 valence electrons. The number of nitrogens with one attached hydrogen (secondary N) is 1. The molecule has 1 amide bonds. The number of aromatic amines is 1. The summed E-state index contributed by atoms with van der Waals surface area (Å²) in [7, 11) is 0. The minimum absolute atomic E-state index is 0.0851. The van der Waals surface area contributed by atoms with E-state index in [2.05, 4.69) is 9.97 Å². The number of fused-ring (bicyclic) bond motifs is 1. The molecule has 1 unspecified atom stereocenters. The van der Waals surface area contributed by atoms with Gasteiger partial charge in [-0.1, -0.05) is 0 Å². The Morgan fingerprint density at radius 3 is 2.80 bits per heavy atom. The summed E-state index contributed by atoms with van der Waals surface area (Å²) >= 11 is 0. The van der Waals surface area contributed by atoms with Gasteiger partial charge in [0.05, 0.1) is 16.6 Å². The number of hydrogen-bond donors (Lipinski definition) is 2. The predicted octanol–water partition coefficient (Wildman–Crippen LogP) is 3.38. The molecule has 1 aliphatic heterocycles. The Morgan fingerprint density at radius 1 is 1.36 bits per heavy atom. The first-order valence-corrected chi connectivity index (χ1v) is 8.44. The minimum atomic E-state index is -0.966. The van der Waals surface area contributed by atoms with E-state index in [0.717, 1.165) is 24.2 Å². The Balaban J connectivity index is 1.78. The number of nitrogens with zero attached hydrogens (tertiary/aromatic N) is 2. The summed E-state index contributed by atoms with van der Waals surface area (Å²) in [5.41, 5.74) is 1.14. The van der Waals surface area contributed by atoms with E-state index >= 15 is 0 Å². The van der Waals surface area contributed by atoms with Crippen LogP contribution < -0.4 is 0 Å². The Labute approximate surface area is 146 Å². The monoisotopic (exact) mass is 345 g/mol. The summed E-state index contributed by atoms with van der Waals surface area (Å²) in [6.45, 7) is 6.78. The molecule has 2 aromatic rings. The van der Waals surface area contributed by atoms with Crippen LogP contribution in [0.4, 0.5) is 4.79 Å². The number of rotatable bonds is 2. The van der Waals surface area contributed by atoms with Gasteiger partial charge >= 0.3 is 12.1 Å². The van der Waals surface area contributed by atoms with Crippen LogP contribution in [-0.2, 0) is 4.74 Å². The van der Waals surface area contributed by atoms with Gasteiger partial charge in [0, 0.05) is 19.0 Å². The Bertz CT molecular complexity index is 806. The SMILES string of the molecule is CC(C)(C)OC(=O)N1CCCC(c2nc3ccc(C(=O)O)cc3[nH]2)C1. The molecule has 2 N–H and O–H groups in total. The van der Waals surface area contributed by atoms with Crippen LogP contribution in [0.1, 0.15) is 55.7 Å². The maximum Gasteiger partial charge on any atom is 0.410 e. The second kappa shape index (κ2) is 6.38. The molecular weight excluding hydrogens is 322 g/mol. The fourth-order valence-electron chi connectivity index (χ4n) is 3.05. The molecule has 7 heteroatoms. The first kappa shape index (κ1) is 17.3. The number of aromatic nitrogens is 2. The highest BCUT2D eigenvalue weighted by molar-refractivity contribution is 5.92. The summed E-state index contributed by atoms with van der Waals surface area (Å²) in [6.07, 6.45) is 1.49. The fraction of sp³-hybridized carbons (Fsp3) is 0.500. The van der Waals surface area contributed by atoms with Crippen molar-refractivity contribution in [3.8, 4) is 0 Å². The van der Waals surface area contributed by atoms with Crippen LogP contribution in [0.15, 0.2) is 18.2 Å². The molecule has 0 aliphatic carbocycles. The molecule has 0 saturated carbocycles. The van der Waals surface area contributed by atoms with E-state index in [1.165, 1.54) is 0 Å². The second-order valence-corrected chi connectivity index (χ2v) is 7.42. The van der Waals surface area contributed by atoms with Gasteiger partial charge in [-0.05, 0) is 51.8 Å². The van der Waals surface area contributed by atoms with Crippen LogP contribution in [-0.4, -0.2) is 50.7 Å². The molecule has 1 aromatic heterocycles. The topological polar surface area (TPSA) is 95.5 Å². The summed E-state index contributed by atoms with van der Waals surface area (Å²) in [4.78, 5) is 32.9. The maximum absolute atomic E-state index is 12.3. The summed E-state index contributed by atoms with van der Waals surface area (Å²) in [6, 6.07) is 4.83. The first-order valence-electron chi connectivity index (χ1n) is 8.44. The van der Waals surface area contributed by atoms with E-state index in [-0.39, 0.29) is 17.6 Å². The number of carboxylic acids is 1. The van der Waals surface area contributed by atoms with Gasteiger partial charge in [0.15, 0.2) is 0 Å². The average molecular weight is 345 g/mol. The van der Waals surface area contributed by atoms with Crippen molar-refractivity contribution < 1.29 is 19.4 Å². The molecule has 0 spiro atoms. The molecule has 1 aliphatic rings. The van der Waals surface area contributed by atoms with Crippen molar-refractivity contribution >= 4 is 23.1 Å². The van der Waals surface area contributed by atoms with Crippen molar-refractivity contribution in [2.45, 2.75) is 45.1 Å². The largest absolute Gasteiger partial charge is 0.478 e. The number of imidazole rings is 1. The van der Waals surface area contributed by atoms with Crippen molar-refractivity contribution in [1.82, 2.24) is 14.9 Å². The molecule has 1 fully saturated rings. The van der Waals surface area contributed by atoms with Crippen LogP contribution in [0.2, 0.25) is 0 Å². The van der Waals surface area contributed by atoms with Crippen molar-refractivity contribution in [3.63, 3.8) is 0 Å². The third-order valence-electron chi connectivity index (χ3n) is 4.21.